The van der Waals surface area contributed by atoms with Crippen molar-refractivity contribution in [2.75, 3.05) is 6.61 Å². The molecule has 4 aromatic heterocycles. The third-order valence-electron chi connectivity index (χ3n) is 4.85. The molecule has 0 atom stereocenters. The minimum absolute atomic E-state index is 0.412. The summed E-state index contributed by atoms with van der Waals surface area (Å²) in [4.78, 5) is 4.63. The largest absolute Gasteiger partial charge is 0.361 e. The van der Waals surface area contributed by atoms with Gasteiger partial charge in [-0.2, -0.15) is 10.2 Å². The summed E-state index contributed by atoms with van der Waals surface area (Å²) in [7, 11) is 0.743. The second-order valence-electron chi connectivity index (χ2n) is 8.50. The maximum atomic E-state index is 6.54. The van der Waals surface area contributed by atoms with Crippen LogP contribution in [0, 0.1) is 0 Å². The lowest BCUT2D eigenvalue weighted by atomic mass is 10.2. The summed E-state index contributed by atoms with van der Waals surface area (Å²) in [5, 5.41) is 10.2. The number of pyridine rings is 1. The van der Waals surface area contributed by atoms with Crippen molar-refractivity contribution in [3.8, 4) is 16.9 Å². The highest BCUT2D eigenvalue weighted by atomic mass is 79.9. The van der Waals surface area contributed by atoms with Crippen LogP contribution in [0.4, 0.5) is 0 Å². The number of fused-ring (bicyclic) bond motifs is 1. The minimum atomic E-state index is -1.16. The molecule has 0 N–H and O–H groups in total. The molecule has 0 amide bonds. The van der Waals surface area contributed by atoms with Crippen molar-refractivity contribution in [3.05, 3.63) is 46.5 Å². The summed E-state index contributed by atoms with van der Waals surface area (Å²) < 4.78 is 12.6. The van der Waals surface area contributed by atoms with Crippen LogP contribution in [0.15, 0.2) is 41.5 Å². The molecule has 4 rings (SSSR count). The molecule has 0 aliphatic rings. The highest BCUT2D eigenvalue weighted by Crippen LogP contribution is 2.34. The van der Waals surface area contributed by atoms with Crippen LogP contribution in [0.2, 0.25) is 30.7 Å². The van der Waals surface area contributed by atoms with Gasteiger partial charge in [0.15, 0.2) is 0 Å². The van der Waals surface area contributed by atoms with Gasteiger partial charge in [-0.1, -0.05) is 31.2 Å². The topological polar surface area (TPSA) is 62.7 Å². The Morgan fingerprint density at radius 3 is 2.57 bits per heavy atom. The Hall–Kier alpha value is -1.94. The molecule has 0 radical (unpaired) electrons. The maximum absolute atomic E-state index is 6.54. The number of ether oxygens (including phenoxy) is 1. The zero-order valence-corrected chi connectivity index (χ0v) is 20.8. The summed E-state index contributed by atoms with van der Waals surface area (Å²) in [6.45, 7) is 8.19. The third kappa shape index (κ3) is 4.39. The Kier molecular flexibility index (Phi) is 5.89. The molecule has 0 aromatic carbocycles. The molecule has 30 heavy (non-hydrogen) atoms. The van der Waals surface area contributed by atoms with Crippen LogP contribution >= 0.6 is 27.5 Å². The van der Waals surface area contributed by atoms with E-state index in [1.807, 2.05) is 25.6 Å². The van der Waals surface area contributed by atoms with Gasteiger partial charge < -0.3 is 9.30 Å². The van der Waals surface area contributed by atoms with E-state index in [1.165, 1.54) is 0 Å². The fraction of sp³-hybridized carbons (Fsp3) is 0.350. The maximum Gasteiger partial charge on any atom is 0.144 e. The number of rotatable bonds is 7. The molecule has 4 heterocycles. The Morgan fingerprint density at radius 2 is 1.93 bits per heavy atom. The van der Waals surface area contributed by atoms with Gasteiger partial charge in [-0.15, -0.1) is 0 Å². The molecule has 0 bridgehead atoms. The molecule has 0 spiro atoms. The number of aromatic nitrogens is 6. The van der Waals surface area contributed by atoms with Crippen LogP contribution < -0.4 is 0 Å². The normalized spacial score (nSPS) is 12.2. The molecule has 7 nitrogen and oxygen atoms in total. The van der Waals surface area contributed by atoms with Crippen LogP contribution in [0.3, 0.4) is 0 Å². The van der Waals surface area contributed by atoms with Crippen LogP contribution in [-0.4, -0.2) is 43.8 Å². The van der Waals surface area contributed by atoms with E-state index in [9.17, 15) is 0 Å². The van der Waals surface area contributed by atoms with Crippen LogP contribution in [0.1, 0.15) is 0 Å². The summed E-state index contributed by atoms with van der Waals surface area (Å²) in [6, 6.07) is 3.19. The Labute approximate surface area is 189 Å². The van der Waals surface area contributed by atoms with Gasteiger partial charge in [0, 0.05) is 45.1 Å². The number of nitrogens with zero attached hydrogens (tertiary/aromatic N) is 6. The molecular weight excluding hydrogens is 484 g/mol. The fourth-order valence-corrected chi connectivity index (χ4v) is 4.55. The van der Waals surface area contributed by atoms with E-state index in [2.05, 4.69) is 61.4 Å². The molecule has 4 aromatic rings. The Balaban J connectivity index is 1.81. The first-order chi connectivity index (χ1) is 14.2. The number of aryl methyl sites for hydroxylation is 1. The van der Waals surface area contributed by atoms with Gasteiger partial charge in [0.25, 0.3) is 0 Å². The van der Waals surface area contributed by atoms with E-state index < -0.39 is 8.07 Å². The summed E-state index contributed by atoms with van der Waals surface area (Å²) in [5.41, 5.74) is 3.56. The van der Waals surface area contributed by atoms with Gasteiger partial charge in [0.2, 0.25) is 0 Å². The zero-order valence-electron chi connectivity index (χ0n) is 17.4. The molecule has 0 unspecified atom stereocenters. The van der Waals surface area contributed by atoms with Crippen molar-refractivity contribution in [2.45, 2.75) is 32.4 Å². The van der Waals surface area contributed by atoms with Crippen molar-refractivity contribution in [1.29, 1.82) is 0 Å². The summed E-state index contributed by atoms with van der Waals surface area (Å²) in [6.07, 6.45) is 9.12. The molecule has 10 heteroatoms. The lowest BCUT2D eigenvalue weighted by molar-refractivity contribution is 0.0909. The highest BCUT2D eigenvalue weighted by molar-refractivity contribution is 9.10. The van der Waals surface area contributed by atoms with Gasteiger partial charge in [-0.05, 0) is 28.0 Å². The number of halogens is 2. The highest BCUT2D eigenvalue weighted by Gasteiger charge is 2.20. The average molecular weight is 508 g/mol. The standard InChI is InChI=1S/C20H24BrClN6OSi/c1-26-11-14(8-24-26)18-7-16-19(28-12-15(21)9-25-28)17(22)10-23-20(16)27(18)13-29-5-6-30(2,3)4/h7-12H,5-6,13H2,1-4H3. The third-order valence-corrected chi connectivity index (χ3v) is 7.24. The van der Waals surface area contributed by atoms with E-state index in [4.69, 9.17) is 16.3 Å². The van der Waals surface area contributed by atoms with E-state index >= 15 is 0 Å². The molecular formula is C20H24BrClN6OSi. The number of hydrogen-bond acceptors (Lipinski definition) is 4. The fourth-order valence-electron chi connectivity index (χ4n) is 3.27. The van der Waals surface area contributed by atoms with Crippen molar-refractivity contribution in [1.82, 2.24) is 29.1 Å². The first kappa shape index (κ1) is 21.3. The van der Waals surface area contributed by atoms with Crippen molar-refractivity contribution >= 4 is 46.6 Å². The predicted molar refractivity (Wildman–Crippen MR) is 126 cm³/mol. The van der Waals surface area contributed by atoms with Gasteiger partial charge in [-0.25, -0.2) is 9.67 Å². The molecule has 0 aliphatic heterocycles. The predicted octanol–water partition coefficient (Wildman–Crippen LogP) is 5.35. The van der Waals surface area contributed by atoms with E-state index in [-0.39, 0.29) is 0 Å². The van der Waals surface area contributed by atoms with Crippen molar-refractivity contribution in [2.24, 2.45) is 7.05 Å². The van der Waals surface area contributed by atoms with Crippen LogP contribution in [0.25, 0.3) is 28.0 Å². The van der Waals surface area contributed by atoms with Gasteiger partial charge in [0.05, 0.1) is 39.5 Å². The van der Waals surface area contributed by atoms with E-state index in [0.717, 1.165) is 45.1 Å². The monoisotopic (exact) mass is 506 g/mol. The van der Waals surface area contributed by atoms with Gasteiger partial charge in [0.1, 0.15) is 12.4 Å². The lowest BCUT2D eigenvalue weighted by Gasteiger charge is -2.16. The molecule has 0 fully saturated rings. The Bertz CT molecular complexity index is 1190. The van der Waals surface area contributed by atoms with E-state index in [0.29, 0.717) is 11.8 Å². The summed E-state index contributed by atoms with van der Waals surface area (Å²) in [5.74, 6) is 0. The van der Waals surface area contributed by atoms with Gasteiger partial charge in [-0.3, -0.25) is 4.68 Å². The smallest absolute Gasteiger partial charge is 0.144 e. The zero-order chi connectivity index (χ0) is 21.5. The van der Waals surface area contributed by atoms with Crippen LogP contribution in [-0.2, 0) is 18.5 Å². The second kappa shape index (κ2) is 8.30. The van der Waals surface area contributed by atoms with Gasteiger partial charge >= 0.3 is 0 Å². The number of hydrogen-bond donors (Lipinski definition) is 0. The molecule has 0 saturated heterocycles. The first-order valence-electron chi connectivity index (χ1n) is 9.68. The minimum Gasteiger partial charge on any atom is -0.361 e. The Morgan fingerprint density at radius 1 is 1.13 bits per heavy atom. The van der Waals surface area contributed by atoms with E-state index in [1.54, 1.807) is 21.8 Å². The molecule has 0 aliphatic carbocycles. The van der Waals surface area contributed by atoms with Crippen molar-refractivity contribution in [3.63, 3.8) is 0 Å². The summed E-state index contributed by atoms with van der Waals surface area (Å²) >= 11 is 10.0. The lowest BCUT2D eigenvalue weighted by Crippen LogP contribution is -2.22. The quantitative estimate of drug-likeness (QED) is 0.250. The van der Waals surface area contributed by atoms with Crippen molar-refractivity contribution < 1.29 is 4.74 Å². The average Bonchev–Trinajstić information content (AvgIpc) is 3.36. The SMILES string of the molecule is Cn1cc(-c2cc3c(-n4cc(Br)cn4)c(Cl)cnc3n2COCC[Si](C)(C)C)cn1. The molecule has 0 saturated carbocycles. The first-order valence-corrected chi connectivity index (χ1v) is 14.6. The van der Waals surface area contributed by atoms with Crippen LogP contribution in [0.5, 0.6) is 0 Å². The molecule has 158 valence electrons. The second-order valence-corrected chi connectivity index (χ2v) is 15.4.